The number of methoxy groups -OCH3 is 1. The Bertz CT molecular complexity index is 140. The Hall–Kier alpha value is -0.160. The van der Waals surface area contributed by atoms with Crippen LogP contribution in [0.25, 0.3) is 0 Å². The predicted molar refractivity (Wildman–Crippen MR) is 44.9 cm³/mol. The van der Waals surface area contributed by atoms with Gasteiger partial charge >= 0.3 is 0 Å². The van der Waals surface area contributed by atoms with Crippen molar-refractivity contribution in [2.24, 2.45) is 0 Å². The van der Waals surface area contributed by atoms with Crippen LogP contribution in [-0.2, 0) is 4.74 Å². The van der Waals surface area contributed by atoms with Crippen molar-refractivity contribution in [3.63, 3.8) is 0 Å². The highest BCUT2D eigenvalue weighted by molar-refractivity contribution is 4.98. The van der Waals surface area contributed by atoms with E-state index in [1.165, 1.54) is 0 Å². The van der Waals surface area contributed by atoms with Crippen LogP contribution in [0.1, 0.15) is 13.3 Å². The van der Waals surface area contributed by atoms with Crippen LogP contribution in [0.5, 0.6) is 0 Å². The quantitative estimate of drug-likeness (QED) is 0.520. The van der Waals surface area contributed by atoms with Crippen molar-refractivity contribution in [1.82, 2.24) is 5.32 Å². The summed E-state index contributed by atoms with van der Waals surface area (Å²) in [5, 5.41) is 21.6. The topological polar surface area (TPSA) is 61.7 Å². The second-order valence-corrected chi connectivity index (χ2v) is 3.16. The highest BCUT2D eigenvalue weighted by Crippen LogP contribution is 2.18. The molecule has 1 aliphatic heterocycles. The maximum atomic E-state index is 9.60. The minimum atomic E-state index is -0.593. The van der Waals surface area contributed by atoms with Crippen molar-refractivity contribution >= 4 is 0 Å². The fraction of sp³-hybridized carbons (Fsp3) is 1.00. The summed E-state index contributed by atoms with van der Waals surface area (Å²) in [7, 11) is 1.58. The molecule has 0 bridgehead atoms. The molecule has 1 aliphatic rings. The van der Waals surface area contributed by atoms with E-state index in [1.807, 2.05) is 6.92 Å². The maximum absolute atomic E-state index is 9.60. The zero-order chi connectivity index (χ0) is 9.14. The van der Waals surface area contributed by atoms with Gasteiger partial charge in [-0.3, -0.25) is 0 Å². The van der Waals surface area contributed by atoms with Crippen molar-refractivity contribution in [3.8, 4) is 0 Å². The first-order valence-corrected chi connectivity index (χ1v) is 4.32. The average Bonchev–Trinajstić information content (AvgIpc) is 2.41. The predicted octanol–water partition coefficient (Wildman–Crippen LogP) is -0.895. The Kier molecular flexibility index (Phi) is 3.46. The summed E-state index contributed by atoms with van der Waals surface area (Å²) in [5.41, 5.74) is 0. The number of hydrogen-bond donors (Lipinski definition) is 3. The van der Waals surface area contributed by atoms with E-state index in [9.17, 15) is 5.11 Å². The zero-order valence-electron chi connectivity index (χ0n) is 7.53. The molecule has 12 heavy (non-hydrogen) atoms. The van der Waals surface area contributed by atoms with Gasteiger partial charge < -0.3 is 20.3 Å². The maximum Gasteiger partial charge on any atom is 0.0998 e. The van der Waals surface area contributed by atoms with E-state index in [1.54, 1.807) is 7.11 Å². The smallest absolute Gasteiger partial charge is 0.0998 e. The Morgan fingerprint density at radius 3 is 2.42 bits per heavy atom. The lowest BCUT2D eigenvalue weighted by Crippen LogP contribution is -2.36. The number of aliphatic hydroxyl groups is 2. The summed E-state index contributed by atoms with van der Waals surface area (Å²) in [6.07, 6.45) is 0.114. The van der Waals surface area contributed by atoms with Gasteiger partial charge in [-0.15, -0.1) is 0 Å². The van der Waals surface area contributed by atoms with Crippen LogP contribution in [-0.4, -0.2) is 48.2 Å². The molecule has 0 aliphatic carbocycles. The molecule has 4 atom stereocenters. The van der Waals surface area contributed by atoms with E-state index >= 15 is 0 Å². The second kappa shape index (κ2) is 4.18. The molecule has 4 heteroatoms. The summed E-state index contributed by atoms with van der Waals surface area (Å²) >= 11 is 0. The van der Waals surface area contributed by atoms with Crippen LogP contribution >= 0.6 is 0 Å². The summed E-state index contributed by atoms with van der Waals surface area (Å²) in [5.74, 6) is 0. The highest BCUT2D eigenvalue weighted by atomic mass is 16.5. The fourth-order valence-electron chi connectivity index (χ4n) is 1.75. The average molecular weight is 175 g/mol. The van der Waals surface area contributed by atoms with Crippen molar-refractivity contribution in [1.29, 1.82) is 0 Å². The Labute approximate surface area is 72.5 Å². The van der Waals surface area contributed by atoms with Gasteiger partial charge in [-0.25, -0.2) is 0 Å². The normalized spacial score (nSPS) is 42.0. The van der Waals surface area contributed by atoms with Gasteiger partial charge in [0, 0.05) is 13.2 Å². The van der Waals surface area contributed by atoms with E-state index in [0.29, 0.717) is 0 Å². The van der Waals surface area contributed by atoms with Crippen molar-refractivity contribution < 1.29 is 14.9 Å². The first kappa shape index (κ1) is 9.92. The van der Waals surface area contributed by atoms with E-state index < -0.39 is 6.10 Å². The molecule has 72 valence electrons. The van der Waals surface area contributed by atoms with E-state index in [-0.39, 0.29) is 24.8 Å². The summed E-state index contributed by atoms with van der Waals surface area (Å²) in [4.78, 5) is 0. The molecule has 0 aromatic heterocycles. The van der Waals surface area contributed by atoms with Crippen LogP contribution in [0.3, 0.4) is 0 Å². The Balaban J connectivity index is 2.58. The molecular formula is C8H17NO3. The molecule has 4 nitrogen and oxygen atoms in total. The fourth-order valence-corrected chi connectivity index (χ4v) is 1.75. The van der Waals surface area contributed by atoms with E-state index in [0.717, 1.165) is 6.42 Å². The first-order chi connectivity index (χ1) is 5.74. The third kappa shape index (κ3) is 1.61. The molecule has 1 rings (SSSR count). The van der Waals surface area contributed by atoms with Gasteiger partial charge in [-0.05, 0) is 6.42 Å². The zero-order valence-corrected chi connectivity index (χ0v) is 7.53. The molecule has 1 fully saturated rings. The molecule has 0 aromatic carbocycles. The van der Waals surface area contributed by atoms with Crippen LogP contribution in [0.4, 0.5) is 0 Å². The van der Waals surface area contributed by atoms with Crippen molar-refractivity contribution in [3.05, 3.63) is 0 Å². The van der Waals surface area contributed by atoms with Gasteiger partial charge in [0.05, 0.1) is 24.9 Å². The third-order valence-electron chi connectivity index (χ3n) is 2.48. The lowest BCUT2D eigenvalue weighted by molar-refractivity contribution is -0.00957. The summed E-state index contributed by atoms with van der Waals surface area (Å²) < 4.78 is 5.14. The minimum Gasteiger partial charge on any atom is -0.395 e. The molecule has 1 saturated heterocycles. The van der Waals surface area contributed by atoms with Crippen molar-refractivity contribution in [2.45, 2.75) is 37.6 Å². The molecular weight excluding hydrogens is 158 g/mol. The number of rotatable bonds is 3. The summed E-state index contributed by atoms with van der Waals surface area (Å²) in [6, 6.07) is -0.0814. The standard InChI is InChI=1S/C8H17NO3/c1-3-5-8(12-2)7(11)6(4-10)9-5/h5-11H,3-4H2,1-2H3/t5-,6+,7+,8+/m0/s1. The van der Waals surface area contributed by atoms with Crippen LogP contribution in [0, 0.1) is 0 Å². The molecule has 3 N–H and O–H groups in total. The van der Waals surface area contributed by atoms with Crippen LogP contribution in [0.2, 0.25) is 0 Å². The Morgan fingerprint density at radius 2 is 2.08 bits per heavy atom. The molecule has 0 spiro atoms. The van der Waals surface area contributed by atoms with Gasteiger partial charge in [0.15, 0.2) is 0 Å². The van der Waals surface area contributed by atoms with E-state index in [2.05, 4.69) is 5.32 Å². The van der Waals surface area contributed by atoms with Crippen LogP contribution in [0.15, 0.2) is 0 Å². The lowest BCUT2D eigenvalue weighted by Gasteiger charge is -2.18. The SMILES string of the molecule is CC[C@@H]1N[C@H](CO)[C@@H](O)[C@@H]1OC. The second-order valence-electron chi connectivity index (χ2n) is 3.16. The monoisotopic (exact) mass is 175 g/mol. The van der Waals surface area contributed by atoms with Gasteiger partial charge in [0.2, 0.25) is 0 Å². The molecule has 0 saturated carbocycles. The number of aliphatic hydroxyl groups excluding tert-OH is 2. The lowest BCUT2D eigenvalue weighted by atomic mass is 10.1. The van der Waals surface area contributed by atoms with Gasteiger partial charge in [-0.2, -0.15) is 0 Å². The largest absolute Gasteiger partial charge is 0.395 e. The number of ether oxygens (including phenoxy) is 1. The van der Waals surface area contributed by atoms with Gasteiger partial charge in [0.25, 0.3) is 0 Å². The summed E-state index contributed by atoms with van der Waals surface area (Å²) in [6.45, 7) is 1.98. The molecule has 0 unspecified atom stereocenters. The number of hydrogen-bond acceptors (Lipinski definition) is 4. The molecule has 0 amide bonds. The van der Waals surface area contributed by atoms with Crippen LogP contribution < -0.4 is 5.32 Å². The van der Waals surface area contributed by atoms with Gasteiger partial charge in [-0.1, -0.05) is 6.92 Å². The van der Waals surface area contributed by atoms with Crippen molar-refractivity contribution in [2.75, 3.05) is 13.7 Å². The molecule has 1 heterocycles. The van der Waals surface area contributed by atoms with Gasteiger partial charge in [0.1, 0.15) is 0 Å². The first-order valence-electron chi connectivity index (χ1n) is 4.32. The number of nitrogens with one attached hydrogen (secondary N) is 1. The highest BCUT2D eigenvalue weighted by Gasteiger charge is 2.40. The Morgan fingerprint density at radius 1 is 1.42 bits per heavy atom. The van der Waals surface area contributed by atoms with E-state index in [4.69, 9.17) is 9.84 Å². The third-order valence-corrected chi connectivity index (χ3v) is 2.48. The molecule has 0 radical (unpaired) electrons. The minimum absolute atomic E-state index is 0.0441. The molecule has 0 aromatic rings.